The summed E-state index contributed by atoms with van der Waals surface area (Å²) in [5.74, 6) is -0.400. The van der Waals surface area contributed by atoms with Crippen molar-refractivity contribution < 1.29 is 9.53 Å². The molecule has 3 aromatic rings. The summed E-state index contributed by atoms with van der Waals surface area (Å²) in [5.41, 5.74) is 2.35. The summed E-state index contributed by atoms with van der Waals surface area (Å²) in [4.78, 5) is 16.2. The molecule has 0 N–H and O–H groups in total. The van der Waals surface area contributed by atoms with Crippen LogP contribution in [0, 0.1) is 11.3 Å². The highest BCUT2D eigenvalue weighted by Gasteiger charge is 2.20. The Morgan fingerprint density at radius 2 is 2.25 bits per heavy atom. The van der Waals surface area contributed by atoms with E-state index < -0.39 is 5.97 Å². The molecule has 0 fully saturated rings. The predicted octanol–water partition coefficient (Wildman–Crippen LogP) is 2.54. The number of hydrogen-bond donors (Lipinski definition) is 0. The van der Waals surface area contributed by atoms with Crippen LogP contribution in [0.2, 0.25) is 0 Å². The number of hydrogen-bond acceptors (Lipinski definition) is 4. The third-order valence-corrected chi connectivity index (χ3v) is 3.15. The fourth-order valence-corrected chi connectivity index (χ4v) is 2.38. The van der Waals surface area contributed by atoms with E-state index in [1.807, 2.05) is 0 Å². The fraction of sp³-hybridized carbons (Fsp3) is 0.133. The van der Waals surface area contributed by atoms with E-state index in [0.717, 1.165) is 5.52 Å². The van der Waals surface area contributed by atoms with Crippen molar-refractivity contribution in [1.29, 1.82) is 5.26 Å². The monoisotopic (exact) mass is 265 g/mol. The molecule has 0 saturated carbocycles. The molecule has 0 radical (unpaired) electrons. The number of rotatable bonds is 2. The Balaban J connectivity index is 2.49. The third-order valence-electron chi connectivity index (χ3n) is 3.15. The summed E-state index contributed by atoms with van der Waals surface area (Å²) in [7, 11) is 0. The molecule has 0 spiro atoms. The van der Waals surface area contributed by atoms with Crippen LogP contribution in [0.1, 0.15) is 23.0 Å². The molecule has 0 aromatic carbocycles. The number of aromatic nitrogens is 2. The lowest BCUT2D eigenvalue weighted by Crippen LogP contribution is -2.04. The molecule has 0 aliphatic rings. The molecule has 5 nitrogen and oxygen atoms in total. The lowest BCUT2D eigenvalue weighted by Gasteiger charge is -2.01. The van der Waals surface area contributed by atoms with E-state index in [1.165, 1.54) is 0 Å². The van der Waals surface area contributed by atoms with Gasteiger partial charge in [-0.1, -0.05) is 6.07 Å². The molecular formula is C15H11N3O2. The van der Waals surface area contributed by atoms with Gasteiger partial charge in [-0.3, -0.25) is 9.38 Å². The lowest BCUT2D eigenvalue weighted by molar-refractivity contribution is 0.0531. The second-order valence-electron chi connectivity index (χ2n) is 4.23. The average Bonchev–Trinajstić information content (AvgIpc) is 2.82. The van der Waals surface area contributed by atoms with Crippen LogP contribution in [0.25, 0.3) is 16.4 Å². The minimum Gasteiger partial charge on any atom is -0.462 e. The van der Waals surface area contributed by atoms with Crippen LogP contribution < -0.4 is 0 Å². The van der Waals surface area contributed by atoms with Gasteiger partial charge in [-0.2, -0.15) is 5.26 Å². The quantitative estimate of drug-likeness (QED) is 0.668. The van der Waals surface area contributed by atoms with Gasteiger partial charge in [0.05, 0.1) is 23.2 Å². The minimum atomic E-state index is -0.400. The van der Waals surface area contributed by atoms with Crippen molar-refractivity contribution in [3.05, 3.63) is 47.9 Å². The van der Waals surface area contributed by atoms with Crippen molar-refractivity contribution in [3.63, 3.8) is 0 Å². The van der Waals surface area contributed by atoms with E-state index in [0.29, 0.717) is 28.8 Å². The number of carbonyl (C=O) groups is 1. The number of nitriles is 1. The molecular weight excluding hydrogens is 254 g/mol. The maximum atomic E-state index is 12.2. The van der Waals surface area contributed by atoms with Crippen molar-refractivity contribution in [3.8, 4) is 6.07 Å². The molecule has 0 unspecified atom stereocenters. The Morgan fingerprint density at radius 1 is 1.40 bits per heavy atom. The minimum absolute atomic E-state index is 0.301. The number of carbonyl (C=O) groups excluding carboxylic acids is 1. The van der Waals surface area contributed by atoms with Gasteiger partial charge in [-0.15, -0.1) is 0 Å². The normalized spacial score (nSPS) is 10.6. The SMILES string of the molecule is CCOC(=O)c1c2cnccc2n2c(C#N)cccc12. The van der Waals surface area contributed by atoms with Crippen LogP contribution >= 0.6 is 0 Å². The fourth-order valence-electron chi connectivity index (χ4n) is 2.38. The van der Waals surface area contributed by atoms with Gasteiger partial charge in [0.25, 0.3) is 0 Å². The molecule has 0 aliphatic carbocycles. The predicted molar refractivity (Wildman–Crippen MR) is 73.4 cm³/mol. The maximum Gasteiger partial charge on any atom is 0.341 e. The van der Waals surface area contributed by atoms with Gasteiger partial charge in [0, 0.05) is 17.8 Å². The molecule has 20 heavy (non-hydrogen) atoms. The number of esters is 1. The second kappa shape index (κ2) is 4.67. The number of fused-ring (bicyclic) bond motifs is 3. The Kier molecular flexibility index (Phi) is 2.84. The van der Waals surface area contributed by atoms with Crippen LogP contribution in [0.5, 0.6) is 0 Å². The van der Waals surface area contributed by atoms with Gasteiger partial charge in [-0.05, 0) is 25.1 Å². The molecule has 0 saturated heterocycles. The van der Waals surface area contributed by atoms with Crippen molar-refractivity contribution >= 4 is 22.4 Å². The van der Waals surface area contributed by atoms with Gasteiger partial charge in [-0.25, -0.2) is 4.79 Å². The molecule has 3 aromatic heterocycles. The topological polar surface area (TPSA) is 67.4 Å². The van der Waals surface area contributed by atoms with Crippen LogP contribution in [0.4, 0.5) is 0 Å². The van der Waals surface area contributed by atoms with Crippen molar-refractivity contribution in [1.82, 2.24) is 9.38 Å². The van der Waals surface area contributed by atoms with E-state index >= 15 is 0 Å². The summed E-state index contributed by atoms with van der Waals surface area (Å²) in [5, 5.41) is 9.93. The average molecular weight is 265 g/mol. The van der Waals surface area contributed by atoms with E-state index in [1.54, 1.807) is 48.0 Å². The Bertz CT molecular complexity index is 859. The van der Waals surface area contributed by atoms with E-state index in [4.69, 9.17) is 4.74 Å². The number of nitrogens with zero attached hydrogens (tertiary/aromatic N) is 3. The zero-order valence-electron chi connectivity index (χ0n) is 10.8. The van der Waals surface area contributed by atoms with E-state index in [-0.39, 0.29) is 0 Å². The Hall–Kier alpha value is -2.87. The van der Waals surface area contributed by atoms with Crippen LogP contribution in [0.15, 0.2) is 36.7 Å². The van der Waals surface area contributed by atoms with Gasteiger partial charge >= 0.3 is 5.97 Å². The Labute approximate surface area is 115 Å². The maximum absolute atomic E-state index is 12.2. The Morgan fingerprint density at radius 3 is 3.00 bits per heavy atom. The van der Waals surface area contributed by atoms with Crippen molar-refractivity contribution in [2.24, 2.45) is 0 Å². The first-order valence-electron chi connectivity index (χ1n) is 6.22. The van der Waals surface area contributed by atoms with Crippen molar-refractivity contribution in [2.75, 3.05) is 6.61 Å². The van der Waals surface area contributed by atoms with Gasteiger partial charge in [0.2, 0.25) is 0 Å². The molecule has 0 bridgehead atoms. The first-order chi connectivity index (χ1) is 9.77. The molecule has 0 atom stereocenters. The first kappa shape index (κ1) is 12.2. The number of pyridine rings is 2. The van der Waals surface area contributed by atoms with Crippen molar-refractivity contribution in [2.45, 2.75) is 6.92 Å². The van der Waals surface area contributed by atoms with Gasteiger partial charge in [0.15, 0.2) is 0 Å². The summed E-state index contributed by atoms with van der Waals surface area (Å²) in [6.07, 6.45) is 3.26. The molecule has 98 valence electrons. The lowest BCUT2D eigenvalue weighted by atomic mass is 10.2. The molecule has 5 heteroatoms. The van der Waals surface area contributed by atoms with Gasteiger partial charge in [0.1, 0.15) is 11.8 Å². The van der Waals surface area contributed by atoms with Crippen LogP contribution in [0.3, 0.4) is 0 Å². The van der Waals surface area contributed by atoms with Crippen LogP contribution in [-0.2, 0) is 4.74 Å². The second-order valence-corrected chi connectivity index (χ2v) is 4.23. The molecule has 3 rings (SSSR count). The van der Waals surface area contributed by atoms with Crippen LogP contribution in [-0.4, -0.2) is 22.0 Å². The highest BCUT2D eigenvalue weighted by atomic mass is 16.5. The number of ether oxygens (including phenoxy) is 1. The highest BCUT2D eigenvalue weighted by molar-refractivity contribution is 6.11. The third kappa shape index (κ3) is 1.62. The smallest absolute Gasteiger partial charge is 0.341 e. The molecule has 3 heterocycles. The zero-order chi connectivity index (χ0) is 14.1. The molecule has 0 aliphatic heterocycles. The highest BCUT2D eigenvalue weighted by Crippen LogP contribution is 2.27. The summed E-state index contributed by atoms with van der Waals surface area (Å²) >= 11 is 0. The largest absolute Gasteiger partial charge is 0.462 e. The standard InChI is InChI=1S/C15H11N3O2/c1-2-20-15(19)14-11-9-17-7-6-12(11)18-10(8-16)4-3-5-13(14)18/h3-7,9H,2H2,1H3. The summed E-state index contributed by atoms with van der Waals surface area (Å²) < 4.78 is 6.87. The van der Waals surface area contributed by atoms with E-state index in [9.17, 15) is 10.1 Å². The summed E-state index contributed by atoms with van der Waals surface area (Å²) in [6, 6.07) is 9.18. The molecule has 0 amide bonds. The first-order valence-corrected chi connectivity index (χ1v) is 6.22. The van der Waals surface area contributed by atoms with E-state index in [2.05, 4.69) is 11.1 Å². The summed E-state index contributed by atoms with van der Waals surface area (Å²) in [6.45, 7) is 2.06. The van der Waals surface area contributed by atoms with Gasteiger partial charge < -0.3 is 4.74 Å². The zero-order valence-corrected chi connectivity index (χ0v) is 10.8.